The molecule has 2 aliphatic carbocycles. The smallest absolute Gasteiger partial charge is 0.309 e. The van der Waals surface area contributed by atoms with Gasteiger partial charge in [0.1, 0.15) is 6.10 Å². The van der Waals surface area contributed by atoms with E-state index in [9.17, 15) is 10.1 Å². The monoisotopic (exact) mass is 431 g/mol. The summed E-state index contributed by atoms with van der Waals surface area (Å²) in [5, 5.41) is 9.79. The predicted molar refractivity (Wildman–Crippen MR) is 129 cm³/mol. The molecule has 0 bridgehead atoms. The Balaban J connectivity index is 1.61. The van der Waals surface area contributed by atoms with Crippen molar-refractivity contribution in [1.82, 2.24) is 0 Å². The Morgan fingerprint density at radius 3 is 2.00 bits per heavy atom. The maximum atomic E-state index is 12.7. The van der Waals surface area contributed by atoms with E-state index in [1.54, 1.807) is 0 Å². The van der Waals surface area contributed by atoms with E-state index in [1.165, 1.54) is 83.5 Å². The third-order valence-electron chi connectivity index (χ3n) is 8.06. The summed E-state index contributed by atoms with van der Waals surface area (Å²) in [6.45, 7) is 4.50. The van der Waals surface area contributed by atoms with Gasteiger partial charge in [-0.2, -0.15) is 5.26 Å². The number of rotatable bonds is 14. The van der Waals surface area contributed by atoms with Crippen LogP contribution in [-0.2, 0) is 9.53 Å². The molecule has 0 aromatic rings. The first-order valence-electron chi connectivity index (χ1n) is 13.7. The number of unbranched alkanes of at least 4 members (excludes halogenated alkanes) is 8. The largest absolute Gasteiger partial charge is 0.462 e. The van der Waals surface area contributed by atoms with Gasteiger partial charge in [-0.1, -0.05) is 84.5 Å². The minimum atomic E-state index is -0.162. The number of ether oxygens (including phenoxy) is 1. The Kier molecular flexibility index (Phi) is 12.6. The molecule has 0 aliphatic heterocycles. The Morgan fingerprint density at radius 1 is 0.839 bits per heavy atom. The summed E-state index contributed by atoms with van der Waals surface area (Å²) in [6, 6.07) is 2.64. The number of nitriles is 1. The van der Waals surface area contributed by atoms with Gasteiger partial charge < -0.3 is 4.74 Å². The van der Waals surface area contributed by atoms with E-state index in [0.29, 0.717) is 0 Å². The molecule has 0 spiro atoms. The second-order valence-electron chi connectivity index (χ2n) is 10.6. The molecule has 0 aromatic carbocycles. The Labute approximate surface area is 192 Å². The van der Waals surface area contributed by atoms with Crippen molar-refractivity contribution in [2.24, 2.45) is 17.3 Å². The highest BCUT2D eigenvalue weighted by Gasteiger charge is 2.37. The van der Waals surface area contributed by atoms with Crippen molar-refractivity contribution in [3.05, 3.63) is 0 Å². The summed E-state index contributed by atoms with van der Waals surface area (Å²) in [4.78, 5) is 12.7. The van der Waals surface area contributed by atoms with Crippen LogP contribution in [0.1, 0.15) is 142 Å². The molecule has 2 rings (SSSR count). The number of carbonyl (C=O) groups excluding carboxylic acids is 1. The first-order chi connectivity index (χ1) is 15.1. The molecule has 2 fully saturated rings. The van der Waals surface area contributed by atoms with E-state index in [1.807, 2.05) is 0 Å². The van der Waals surface area contributed by atoms with E-state index < -0.39 is 0 Å². The first-order valence-corrected chi connectivity index (χ1v) is 13.7. The van der Waals surface area contributed by atoms with Crippen molar-refractivity contribution in [1.29, 1.82) is 5.26 Å². The topological polar surface area (TPSA) is 50.1 Å². The van der Waals surface area contributed by atoms with Gasteiger partial charge in [0, 0.05) is 0 Å². The number of carbonyl (C=O) groups is 1. The second-order valence-corrected chi connectivity index (χ2v) is 10.6. The average Bonchev–Trinajstić information content (AvgIpc) is 2.80. The zero-order chi connectivity index (χ0) is 22.4. The van der Waals surface area contributed by atoms with Gasteiger partial charge in [-0.25, -0.2) is 0 Å². The van der Waals surface area contributed by atoms with E-state index in [2.05, 4.69) is 19.9 Å². The van der Waals surface area contributed by atoms with E-state index >= 15 is 0 Å². The minimum absolute atomic E-state index is 0.0466. The fraction of sp³-hybridized carbons (Fsp3) is 0.929. The SMILES string of the molecule is CCCCCCC[C@H]1CC[C@H](C(=O)O[C@H]2CC[C@@](C#N)(CCCCCCC)CC2)CC1. The van der Waals surface area contributed by atoms with Crippen molar-refractivity contribution < 1.29 is 9.53 Å². The van der Waals surface area contributed by atoms with Crippen molar-refractivity contribution in [3.8, 4) is 6.07 Å². The molecule has 31 heavy (non-hydrogen) atoms. The molecular formula is C28H49NO2. The molecule has 0 unspecified atom stereocenters. The van der Waals surface area contributed by atoms with Crippen molar-refractivity contribution in [2.75, 3.05) is 0 Å². The molecule has 3 nitrogen and oxygen atoms in total. The van der Waals surface area contributed by atoms with Crippen LogP contribution in [0.15, 0.2) is 0 Å². The quantitative estimate of drug-likeness (QED) is 0.204. The third-order valence-corrected chi connectivity index (χ3v) is 8.06. The highest BCUT2D eigenvalue weighted by molar-refractivity contribution is 5.72. The summed E-state index contributed by atoms with van der Waals surface area (Å²) in [5.41, 5.74) is -0.162. The lowest BCUT2D eigenvalue weighted by Crippen LogP contribution is -2.33. The molecule has 3 heteroatoms. The summed E-state index contributed by atoms with van der Waals surface area (Å²) in [5.74, 6) is 1.00. The molecule has 0 radical (unpaired) electrons. The Morgan fingerprint density at radius 2 is 1.42 bits per heavy atom. The van der Waals surface area contributed by atoms with Crippen LogP contribution in [0, 0.1) is 28.6 Å². The van der Waals surface area contributed by atoms with Crippen molar-refractivity contribution >= 4 is 5.97 Å². The molecule has 178 valence electrons. The van der Waals surface area contributed by atoms with Crippen molar-refractivity contribution in [2.45, 2.75) is 148 Å². The standard InChI is InChI=1S/C28H49NO2/c1-3-5-7-9-11-13-24-14-16-25(17-15-24)27(30)31-26-18-21-28(23-29,22-19-26)20-12-10-8-6-4-2/h24-26H,3-22H2,1-2H3/t24-,25-,26-,28-. The van der Waals surface area contributed by atoms with Crippen LogP contribution in [0.25, 0.3) is 0 Å². The highest BCUT2D eigenvalue weighted by Crippen LogP contribution is 2.42. The van der Waals surface area contributed by atoms with Gasteiger partial charge in [-0.15, -0.1) is 0 Å². The zero-order valence-electron chi connectivity index (χ0n) is 20.6. The molecule has 2 saturated carbocycles. The van der Waals surface area contributed by atoms with Gasteiger partial charge in [0.2, 0.25) is 0 Å². The highest BCUT2D eigenvalue weighted by atomic mass is 16.5. The van der Waals surface area contributed by atoms with Crippen LogP contribution in [0.3, 0.4) is 0 Å². The summed E-state index contributed by atoms with van der Waals surface area (Å²) in [6.07, 6.45) is 23.5. The average molecular weight is 432 g/mol. The van der Waals surface area contributed by atoms with Gasteiger partial charge in [-0.05, 0) is 63.7 Å². The van der Waals surface area contributed by atoms with Gasteiger partial charge in [0.15, 0.2) is 0 Å². The van der Waals surface area contributed by atoms with Gasteiger partial charge >= 0.3 is 5.97 Å². The summed E-state index contributed by atoms with van der Waals surface area (Å²) >= 11 is 0. The lowest BCUT2D eigenvalue weighted by Gasteiger charge is -2.35. The predicted octanol–water partition coefficient (Wildman–Crippen LogP) is 8.51. The lowest BCUT2D eigenvalue weighted by molar-refractivity contribution is -0.158. The Bertz CT molecular complexity index is 522. The van der Waals surface area contributed by atoms with E-state index in [4.69, 9.17) is 4.74 Å². The maximum Gasteiger partial charge on any atom is 0.309 e. The van der Waals surface area contributed by atoms with Crippen molar-refractivity contribution in [3.63, 3.8) is 0 Å². The molecular weight excluding hydrogens is 382 g/mol. The molecule has 0 atom stereocenters. The molecule has 0 heterocycles. The molecule has 0 N–H and O–H groups in total. The summed E-state index contributed by atoms with van der Waals surface area (Å²) < 4.78 is 5.94. The van der Waals surface area contributed by atoms with Crippen LogP contribution in [0.5, 0.6) is 0 Å². The maximum absolute atomic E-state index is 12.7. The van der Waals surface area contributed by atoms with E-state index in [-0.39, 0.29) is 23.4 Å². The lowest BCUT2D eigenvalue weighted by atomic mass is 9.71. The molecule has 0 aromatic heterocycles. The van der Waals surface area contributed by atoms with Gasteiger partial charge in [-0.3, -0.25) is 4.79 Å². The number of hydrogen-bond acceptors (Lipinski definition) is 3. The molecule has 0 saturated heterocycles. The van der Waals surface area contributed by atoms with Crippen LogP contribution in [0.4, 0.5) is 0 Å². The van der Waals surface area contributed by atoms with Crippen LogP contribution in [-0.4, -0.2) is 12.1 Å². The molecule has 0 amide bonds. The van der Waals surface area contributed by atoms with Gasteiger partial charge in [0.05, 0.1) is 17.4 Å². The first kappa shape index (κ1) is 26.2. The third kappa shape index (κ3) is 9.55. The molecule has 2 aliphatic rings. The second kappa shape index (κ2) is 14.9. The fourth-order valence-electron chi connectivity index (χ4n) is 5.73. The van der Waals surface area contributed by atoms with Gasteiger partial charge in [0.25, 0.3) is 0 Å². The summed E-state index contributed by atoms with van der Waals surface area (Å²) in [7, 11) is 0. The van der Waals surface area contributed by atoms with E-state index in [0.717, 1.165) is 50.9 Å². The van der Waals surface area contributed by atoms with Crippen LogP contribution < -0.4 is 0 Å². The Hall–Kier alpha value is -1.04. The number of nitrogens with zero attached hydrogens (tertiary/aromatic N) is 1. The van der Waals surface area contributed by atoms with Crippen LogP contribution >= 0.6 is 0 Å². The minimum Gasteiger partial charge on any atom is -0.462 e. The zero-order valence-corrected chi connectivity index (χ0v) is 20.6. The van der Waals surface area contributed by atoms with Crippen LogP contribution in [0.2, 0.25) is 0 Å². The number of hydrogen-bond donors (Lipinski definition) is 0. The normalized spacial score (nSPS) is 28.7. The number of esters is 1. The fourth-order valence-corrected chi connectivity index (χ4v) is 5.73.